The van der Waals surface area contributed by atoms with Gasteiger partial charge in [0.05, 0.1) is 17.6 Å². The summed E-state index contributed by atoms with van der Waals surface area (Å²) in [5.74, 6) is -8.45. The van der Waals surface area contributed by atoms with E-state index < -0.39 is 54.6 Å². The number of carboxylic acid groups (broad SMARTS) is 1. The Hall–Kier alpha value is -4.03. The molecule has 0 radical (unpaired) electrons. The number of carbonyl (C=O) groups is 2. The molecule has 1 amide bonds. The van der Waals surface area contributed by atoms with Gasteiger partial charge >= 0.3 is 12.1 Å². The second-order valence-corrected chi connectivity index (χ2v) is 7.65. The first-order valence-electron chi connectivity index (χ1n) is 10.3. The van der Waals surface area contributed by atoms with Crippen LogP contribution in [0.15, 0.2) is 54.6 Å². The number of para-hydroxylation sites is 1. The van der Waals surface area contributed by atoms with Gasteiger partial charge in [-0.05, 0) is 24.3 Å². The first-order valence-corrected chi connectivity index (χ1v) is 10.3. The zero-order valence-corrected chi connectivity index (χ0v) is 18.2. The molecule has 36 heavy (non-hydrogen) atoms. The van der Waals surface area contributed by atoms with Crippen LogP contribution in [0, 0.1) is 5.82 Å². The summed E-state index contributed by atoms with van der Waals surface area (Å²) < 4.78 is 80.1. The Labute approximate surface area is 199 Å². The number of aromatic nitrogens is 1. The third kappa shape index (κ3) is 6.15. The summed E-state index contributed by atoms with van der Waals surface area (Å²) in [5.41, 5.74) is 0.219. The summed E-state index contributed by atoms with van der Waals surface area (Å²) in [6.07, 6.45) is -7.34. The van der Waals surface area contributed by atoms with Crippen molar-refractivity contribution in [2.75, 3.05) is 13.1 Å². The van der Waals surface area contributed by atoms with Crippen molar-refractivity contribution in [3.8, 4) is 11.6 Å². The molecule has 0 aliphatic carbocycles. The van der Waals surface area contributed by atoms with Crippen molar-refractivity contribution in [1.29, 1.82) is 0 Å². The highest BCUT2D eigenvalue weighted by Gasteiger charge is 2.47. The fourth-order valence-electron chi connectivity index (χ4n) is 3.29. The molecule has 2 N–H and O–H groups in total. The Balaban J connectivity index is 0.000000454. The largest absolute Gasteiger partial charge is 0.505 e. The predicted molar refractivity (Wildman–Crippen MR) is 113 cm³/mol. The molecule has 1 atom stereocenters. The van der Waals surface area contributed by atoms with E-state index in [1.165, 1.54) is 18.2 Å². The molecule has 13 heteroatoms. The number of rotatable bonds is 3. The van der Waals surface area contributed by atoms with Crippen LogP contribution in [0.2, 0.25) is 0 Å². The maximum absolute atomic E-state index is 14.4. The molecule has 0 saturated carbocycles. The van der Waals surface area contributed by atoms with E-state index in [9.17, 15) is 36.2 Å². The van der Waals surface area contributed by atoms with Crippen LogP contribution in [-0.4, -0.2) is 63.3 Å². The first kappa shape index (κ1) is 26.6. The number of likely N-dealkylation sites (tertiary alicyclic amines) is 1. The molecule has 1 aliphatic rings. The molecule has 7 nitrogen and oxygen atoms in total. The average Bonchev–Trinajstić information content (AvgIpc) is 2.81. The van der Waals surface area contributed by atoms with E-state index in [2.05, 4.69) is 4.98 Å². The molecule has 2 heterocycles. The lowest BCUT2D eigenvalue weighted by molar-refractivity contribution is -0.192. The molecule has 0 spiro atoms. The minimum atomic E-state index is -5.08. The number of amides is 1. The lowest BCUT2D eigenvalue weighted by atomic mass is 10.0. The number of aliphatic carboxylic acids is 1. The highest BCUT2D eigenvalue weighted by molar-refractivity contribution is 5.95. The zero-order chi connectivity index (χ0) is 26.7. The first-order chi connectivity index (χ1) is 16.8. The highest BCUT2D eigenvalue weighted by atomic mass is 19.4. The van der Waals surface area contributed by atoms with Crippen molar-refractivity contribution in [1.82, 2.24) is 9.88 Å². The van der Waals surface area contributed by atoms with Gasteiger partial charge in [0.2, 0.25) is 5.88 Å². The fraction of sp³-hybridized carbons (Fsp3) is 0.261. The number of nitrogens with zero attached hydrogens (tertiary/aromatic N) is 2. The van der Waals surface area contributed by atoms with Gasteiger partial charge in [-0.15, -0.1) is 0 Å². The number of hydrogen-bond acceptors (Lipinski definition) is 5. The van der Waals surface area contributed by atoms with Gasteiger partial charge in [0.15, 0.2) is 17.7 Å². The van der Waals surface area contributed by atoms with Crippen LogP contribution in [-0.2, 0) is 4.79 Å². The number of halogens is 6. The standard InChI is InChI=1S/C21H17F3N2O3.C2HF3O2/c22-19-14(5-3-7-16(19)27)20(28)26-11-10-21(23,24)17(12-26)29-18-9-8-13-4-1-2-6-15(13)25-18;3-2(4,5)1(6)7/h1-9,17,27H,10-12H2;(H,6,7). The van der Waals surface area contributed by atoms with Crippen molar-refractivity contribution in [2.24, 2.45) is 0 Å². The SMILES string of the molecule is O=C(O)C(F)(F)F.O=C(c1cccc(O)c1F)N1CCC(F)(F)C(Oc2ccc3ccccc3n2)C1. The Morgan fingerprint density at radius 2 is 1.72 bits per heavy atom. The summed E-state index contributed by atoms with van der Waals surface area (Å²) in [7, 11) is 0. The van der Waals surface area contributed by atoms with Crippen LogP contribution < -0.4 is 4.74 Å². The minimum absolute atomic E-state index is 0.0196. The smallest absolute Gasteiger partial charge is 0.490 e. The van der Waals surface area contributed by atoms with E-state index in [1.807, 2.05) is 12.1 Å². The monoisotopic (exact) mass is 516 g/mol. The Bertz CT molecular complexity index is 1270. The number of fused-ring (bicyclic) bond motifs is 1. The molecule has 0 bridgehead atoms. The van der Waals surface area contributed by atoms with Gasteiger partial charge < -0.3 is 19.8 Å². The van der Waals surface area contributed by atoms with Gasteiger partial charge in [-0.2, -0.15) is 13.2 Å². The number of carbonyl (C=O) groups excluding carboxylic acids is 1. The lowest BCUT2D eigenvalue weighted by Gasteiger charge is -2.38. The van der Waals surface area contributed by atoms with Crippen LogP contribution in [0.5, 0.6) is 11.6 Å². The van der Waals surface area contributed by atoms with E-state index in [-0.39, 0.29) is 18.0 Å². The number of phenols is 1. The maximum Gasteiger partial charge on any atom is 0.490 e. The third-order valence-corrected chi connectivity index (χ3v) is 5.15. The number of piperidine rings is 1. The summed E-state index contributed by atoms with van der Waals surface area (Å²) in [5, 5.41) is 17.4. The Morgan fingerprint density at radius 1 is 1.06 bits per heavy atom. The molecule has 1 unspecified atom stereocenters. The van der Waals surface area contributed by atoms with Crippen molar-refractivity contribution in [3.05, 3.63) is 66.0 Å². The van der Waals surface area contributed by atoms with E-state index in [0.717, 1.165) is 16.4 Å². The summed E-state index contributed by atoms with van der Waals surface area (Å²) in [4.78, 5) is 26.8. The van der Waals surface area contributed by atoms with E-state index >= 15 is 0 Å². The average molecular weight is 516 g/mol. The van der Waals surface area contributed by atoms with Crippen LogP contribution in [0.25, 0.3) is 10.9 Å². The molecule has 1 saturated heterocycles. The summed E-state index contributed by atoms with van der Waals surface area (Å²) >= 11 is 0. The van der Waals surface area contributed by atoms with E-state index in [0.29, 0.717) is 5.52 Å². The van der Waals surface area contributed by atoms with Gasteiger partial charge in [-0.1, -0.05) is 24.3 Å². The molecule has 3 aromatic rings. The second-order valence-electron chi connectivity index (χ2n) is 7.65. The van der Waals surface area contributed by atoms with Crippen molar-refractivity contribution in [2.45, 2.75) is 24.6 Å². The number of alkyl halides is 5. The number of pyridine rings is 1. The number of ether oxygens (including phenoxy) is 1. The van der Waals surface area contributed by atoms with Crippen molar-refractivity contribution in [3.63, 3.8) is 0 Å². The Morgan fingerprint density at radius 3 is 2.39 bits per heavy atom. The molecular formula is C23H18F6N2O5. The molecule has 4 rings (SSSR count). The summed E-state index contributed by atoms with van der Waals surface area (Å²) in [6, 6.07) is 14.0. The highest BCUT2D eigenvalue weighted by Crippen LogP contribution is 2.33. The number of hydrogen-bond donors (Lipinski definition) is 2. The minimum Gasteiger partial charge on any atom is -0.505 e. The third-order valence-electron chi connectivity index (χ3n) is 5.15. The van der Waals surface area contributed by atoms with E-state index in [4.69, 9.17) is 14.6 Å². The summed E-state index contributed by atoms with van der Waals surface area (Å²) in [6.45, 7) is -0.693. The van der Waals surface area contributed by atoms with Crippen LogP contribution in [0.4, 0.5) is 26.3 Å². The molecule has 1 fully saturated rings. The van der Waals surface area contributed by atoms with Gasteiger partial charge in [-0.25, -0.2) is 22.9 Å². The second kappa shape index (κ2) is 10.3. The van der Waals surface area contributed by atoms with Gasteiger partial charge in [0, 0.05) is 24.4 Å². The topological polar surface area (TPSA) is 100.0 Å². The molecule has 1 aliphatic heterocycles. The van der Waals surface area contributed by atoms with Crippen LogP contribution >= 0.6 is 0 Å². The van der Waals surface area contributed by atoms with E-state index in [1.54, 1.807) is 18.2 Å². The lowest BCUT2D eigenvalue weighted by Crippen LogP contribution is -2.55. The molecule has 1 aromatic heterocycles. The van der Waals surface area contributed by atoms with Crippen LogP contribution in [0.3, 0.4) is 0 Å². The number of carboxylic acids is 1. The van der Waals surface area contributed by atoms with Crippen LogP contribution in [0.1, 0.15) is 16.8 Å². The van der Waals surface area contributed by atoms with Crippen molar-refractivity contribution >= 4 is 22.8 Å². The number of phenolic OH excluding ortho intramolecular Hbond substituents is 1. The molecule has 192 valence electrons. The van der Waals surface area contributed by atoms with Crippen molar-refractivity contribution < 1.29 is 50.9 Å². The zero-order valence-electron chi connectivity index (χ0n) is 18.2. The normalized spacial score (nSPS) is 17.2. The van der Waals surface area contributed by atoms with Gasteiger partial charge in [-0.3, -0.25) is 4.79 Å². The predicted octanol–water partition coefficient (Wildman–Crippen LogP) is 4.64. The fourth-order valence-corrected chi connectivity index (χ4v) is 3.29. The molecule has 2 aromatic carbocycles. The quantitative estimate of drug-likeness (QED) is 0.492. The number of aromatic hydroxyl groups is 1. The maximum atomic E-state index is 14.4. The number of benzene rings is 2. The van der Waals surface area contributed by atoms with Gasteiger partial charge in [0.1, 0.15) is 0 Å². The van der Waals surface area contributed by atoms with Gasteiger partial charge in [0.25, 0.3) is 11.8 Å². The molecular weight excluding hydrogens is 498 g/mol. The Kier molecular flexibility index (Phi) is 7.60.